The SMILES string of the molecule is C=CCOC(=O)C1=C(C)Nc2nc(SCc3ccccc3Cl)nn2C1c1ccc(OCc2ccc(Cl)cc2)c(OCC)c1. The summed E-state index contributed by atoms with van der Waals surface area (Å²) in [4.78, 5) is 18.1. The van der Waals surface area contributed by atoms with Crippen LogP contribution in [0.4, 0.5) is 5.95 Å². The van der Waals surface area contributed by atoms with E-state index in [-0.39, 0.29) is 6.61 Å². The first-order valence-electron chi connectivity index (χ1n) is 13.6. The Hall–Kier alpha value is -3.92. The summed E-state index contributed by atoms with van der Waals surface area (Å²) in [5.74, 6) is 1.72. The Balaban J connectivity index is 1.49. The number of nitrogens with zero attached hydrogens (tertiary/aromatic N) is 3. The highest BCUT2D eigenvalue weighted by molar-refractivity contribution is 7.98. The maximum atomic E-state index is 13.4. The molecule has 0 saturated heterocycles. The molecule has 43 heavy (non-hydrogen) atoms. The van der Waals surface area contributed by atoms with Crippen LogP contribution in [0.1, 0.15) is 36.6 Å². The van der Waals surface area contributed by atoms with Crippen molar-refractivity contribution < 1.29 is 19.0 Å². The van der Waals surface area contributed by atoms with Gasteiger partial charge < -0.3 is 19.5 Å². The third-order valence-electron chi connectivity index (χ3n) is 6.59. The Morgan fingerprint density at radius 2 is 1.88 bits per heavy atom. The molecule has 11 heteroatoms. The number of allylic oxidation sites excluding steroid dienone is 1. The minimum atomic E-state index is -0.639. The number of esters is 1. The molecule has 0 spiro atoms. The van der Waals surface area contributed by atoms with E-state index in [1.807, 2.05) is 80.6 Å². The maximum absolute atomic E-state index is 13.4. The molecule has 1 atom stereocenters. The van der Waals surface area contributed by atoms with E-state index in [2.05, 4.69) is 11.9 Å². The molecule has 1 unspecified atom stereocenters. The van der Waals surface area contributed by atoms with Gasteiger partial charge >= 0.3 is 5.97 Å². The number of fused-ring (bicyclic) bond motifs is 1. The van der Waals surface area contributed by atoms with Crippen LogP contribution >= 0.6 is 35.0 Å². The zero-order valence-electron chi connectivity index (χ0n) is 23.7. The van der Waals surface area contributed by atoms with Gasteiger partial charge in [-0.2, -0.15) is 4.98 Å². The van der Waals surface area contributed by atoms with Gasteiger partial charge in [-0.25, -0.2) is 9.48 Å². The van der Waals surface area contributed by atoms with Gasteiger partial charge in [0.05, 0.1) is 12.2 Å². The molecule has 3 aromatic carbocycles. The van der Waals surface area contributed by atoms with Gasteiger partial charge in [-0.1, -0.05) is 84.0 Å². The summed E-state index contributed by atoms with van der Waals surface area (Å²) < 4.78 is 19.3. The second-order valence-electron chi connectivity index (χ2n) is 9.55. The molecule has 0 amide bonds. The van der Waals surface area contributed by atoms with Crippen LogP contribution in [-0.2, 0) is 21.9 Å². The van der Waals surface area contributed by atoms with E-state index >= 15 is 0 Å². The van der Waals surface area contributed by atoms with E-state index in [1.54, 1.807) is 4.68 Å². The summed E-state index contributed by atoms with van der Waals surface area (Å²) in [5, 5.41) is 9.91. The predicted octanol–water partition coefficient (Wildman–Crippen LogP) is 7.87. The first kappa shape index (κ1) is 30.5. The molecule has 1 aliphatic heterocycles. The van der Waals surface area contributed by atoms with E-state index in [0.29, 0.717) is 62.9 Å². The van der Waals surface area contributed by atoms with E-state index in [1.165, 1.54) is 17.8 Å². The van der Waals surface area contributed by atoms with Crippen molar-refractivity contribution in [2.24, 2.45) is 0 Å². The quantitative estimate of drug-likeness (QED) is 0.0954. The minimum absolute atomic E-state index is 0.0765. The van der Waals surface area contributed by atoms with Crippen LogP contribution < -0.4 is 14.8 Å². The number of hydrogen-bond acceptors (Lipinski definition) is 8. The fourth-order valence-electron chi connectivity index (χ4n) is 4.56. The fraction of sp³-hybridized carbons (Fsp3) is 0.219. The zero-order valence-corrected chi connectivity index (χ0v) is 26.0. The van der Waals surface area contributed by atoms with E-state index < -0.39 is 12.0 Å². The Kier molecular flexibility index (Phi) is 9.97. The molecule has 2 heterocycles. The summed E-state index contributed by atoms with van der Waals surface area (Å²) >= 11 is 13.8. The van der Waals surface area contributed by atoms with Gasteiger partial charge in [0.1, 0.15) is 19.3 Å². The molecule has 4 aromatic rings. The zero-order chi connectivity index (χ0) is 30.3. The normalized spacial score (nSPS) is 14.1. The number of rotatable bonds is 12. The van der Waals surface area contributed by atoms with Crippen molar-refractivity contribution in [2.75, 3.05) is 18.5 Å². The molecule has 5 rings (SSSR count). The molecule has 1 aromatic heterocycles. The molecular formula is C32H30Cl2N4O4S. The summed E-state index contributed by atoms with van der Waals surface area (Å²) in [5.41, 5.74) is 3.71. The summed E-state index contributed by atoms with van der Waals surface area (Å²) in [6.45, 7) is 8.22. The second kappa shape index (κ2) is 14.0. The lowest BCUT2D eigenvalue weighted by molar-refractivity contribution is -0.138. The Labute approximate surface area is 264 Å². The number of benzene rings is 3. The number of hydrogen-bond donors (Lipinski definition) is 1. The molecular weight excluding hydrogens is 607 g/mol. The van der Waals surface area contributed by atoms with E-state index in [9.17, 15) is 4.79 Å². The van der Waals surface area contributed by atoms with Gasteiger partial charge in [-0.3, -0.25) is 0 Å². The molecule has 1 N–H and O–H groups in total. The molecule has 0 fully saturated rings. The fourth-order valence-corrected chi connectivity index (χ4v) is 5.80. The van der Waals surface area contributed by atoms with Gasteiger partial charge in [-0.05, 0) is 60.9 Å². The highest BCUT2D eigenvalue weighted by atomic mass is 35.5. The van der Waals surface area contributed by atoms with Crippen LogP contribution in [0.3, 0.4) is 0 Å². The Morgan fingerprint density at radius 1 is 1.09 bits per heavy atom. The number of anilines is 1. The van der Waals surface area contributed by atoms with Gasteiger partial charge in [0.2, 0.25) is 11.1 Å². The van der Waals surface area contributed by atoms with Gasteiger partial charge in [0, 0.05) is 21.5 Å². The van der Waals surface area contributed by atoms with Crippen LogP contribution in [0.15, 0.2) is 95.8 Å². The van der Waals surface area contributed by atoms with Crippen molar-refractivity contribution in [1.82, 2.24) is 14.8 Å². The third kappa shape index (κ3) is 7.18. The van der Waals surface area contributed by atoms with Crippen LogP contribution in [0.2, 0.25) is 10.0 Å². The molecule has 0 radical (unpaired) electrons. The second-order valence-corrected chi connectivity index (χ2v) is 11.3. The lowest BCUT2D eigenvalue weighted by Crippen LogP contribution is -2.29. The van der Waals surface area contributed by atoms with Crippen molar-refractivity contribution in [3.63, 3.8) is 0 Å². The number of carbonyl (C=O) groups is 1. The van der Waals surface area contributed by atoms with E-state index in [4.69, 9.17) is 47.5 Å². The number of aromatic nitrogens is 3. The monoisotopic (exact) mass is 636 g/mol. The largest absolute Gasteiger partial charge is 0.490 e. The maximum Gasteiger partial charge on any atom is 0.338 e. The van der Waals surface area contributed by atoms with Crippen molar-refractivity contribution in [3.05, 3.63) is 117 Å². The molecule has 1 aliphatic rings. The lowest BCUT2D eigenvalue weighted by atomic mass is 9.95. The minimum Gasteiger partial charge on any atom is -0.490 e. The van der Waals surface area contributed by atoms with E-state index in [0.717, 1.165) is 16.7 Å². The lowest BCUT2D eigenvalue weighted by Gasteiger charge is -2.28. The Bertz CT molecular complexity index is 1660. The van der Waals surface area contributed by atoms with Crippen LogP contribution in [0.25, 0.3) is 0 Å². The molecule has 0 aliphatic carbocycles. The van der Waals surface area contributed by atoms with Crippen molar-refractivity contribution in [3.8, 4) is 11.5 Å². The van der Waals surface area contributed by atoms with Gasteiger partial charge in [-0.15, -0.1) is 5.10 Å². The third-order valence-corrected chi connectivity index (χ3v) is 8.10. The topological polar surface area (TPSA) is 87.5 Å². The molecule has 222 valence electrons. The first-order valence-corrected chi connectivity index (χ1v) is 15.3. The number of nitrogens with one attached hydrogen (secondary N) is 1. The molecule has 0 saturated carbocycles. The average molecular weight is 638 g/mol. The summed E-state index contributed by atoms with van der Waals surface area (Å²) in [6.07, 6.45) is 1.53. The number of thioether (sulfide) groups is 1. The number of ether oxygens (including phenoxy) is 3. The van der Waals surface area contributed by atoms with Gasteiger partial charge in [0.25, 0.3) is 0 Å². The van der Waals surface area contributed by atoms with Gasteiger partial charge in [0.15, 0.2) is 11.5 Å². The number of carbonyl (C=O) groups excluding carboxylic acids is 1. The average Bonchev–Trinajstić information content (AvgIpc) is 3.41. The van der Waals surface area contributed by atoms with Crippen LogP contribution in [0.5, 0.6) is 11.5 Å². The highest BCUT2D eigenvalue weighted by Gasteiger charge is 2.36. The van der Waals surface area contributed by atoms with Crippen molar-refractivity contribution >= 4 is 46.9 Å². The smallest absolute Gasteiger partial charge is 0.338 e. The van der Waals surface area contributed by atoms with Crippen molar-refractivity contribution in [2.45, 2.75) is 37.4 Å². The standard InChI is InChI=1S/C32H30Cl2N4O4S/c1-4-16-41-30(39)28-20(3)35-31-36-32(43-19-23-8-6-7-9-25(23)34)37-38(31)29(28)22-12-15-26(27(17-22)40-5-2)42-18-21-10-13-24(33)14-11-21/h4,6-15,17,29H,1,5,16,18-19H2,2-3H3,(H,35,36,37). The first-order chi connectivity index (χ1) is 20.9. The Morgan fingerprint density at radius 3 is 2.63 bits per heavy atom. The van der Waals surface area contributed by atoms with Crippen LogP contribution in [-0.4, -0.2) is 33.9 Å². The summed E-state index contributed by atoms with van der Waals surface area (Å²) in [6, 6.07) is 20.1. The van der Waals surface area contributed by atoms with Crippen molar-refractivity contribution in [1.29, 1.82) is 0 Å². The molecule has 8 nitrogen and oxygen atoms in total. The number of halogens is 2. The highest BCUT2D eigenvalue weighted by Crippen LogP contribution is 2.40. The van der Waals surface area contributed by atoms with Crippen LogP contribution in [0, 0.1) is 0 Å². The summed E-state index contributed by atoms with van der Waals surface area (Å²) in [7, 11) is 0. The molecule has 0 bridgehead atoms. The predicted molar refractivity (Wildman–Crippen MR) is 170 cm³/mol.